The highest BCUT2D eigenvalue weighted by atomic mass is 31.2. The minimum absolute atomic E-state index is 0.0379. The van der Waals surface area contributed by atoms with Crippen molar-refractivity contribution in [1.82, 2.24) is 48.6 Å². The summed E-state index contributed by atoms with van der Waals surface area (Å²) in [5.74, 6) is 0.698. The first-order valence-electron chi connectivity index (χ1n) is 22.2. The predicted octanol–water partition coefficient (Wildman–Crippen LogP) is 2.63. The first kappa shape index (κ1) is 58.0. The molecule has 5 aromatic rings. The first-order chi connectivity index (χ1) is 33.3. The molecule has 0 spiro atoms. The molecular formula is C40H66N13O14P3. The van der Waals surface area contributed by atoms with E-state index in [0.29, 0.717) is 47.9 Å². The van der Waals surface area contributed by atoms with Gasteiger partial charge in [-0.05, 0) is 25.3 Å². The van der Waals surface area contributed by atoms with E-state index in [1.807, 2.05) is 10.6 Å². The van der Waals surface area contributed by atoms with E-state index in [0.717, 1.165) is 19.3 Å². The Morgan fingerprint density at radius 2 is 1.43 bits per heavy atom. The van der Waals surface area contributed by atoms with Crippen LogP contribution in [0.1, 0.15) is 44.9 Å². The van der Waals surface area contributed by atoms with Gasteiger partial charge in [0.05, 0.1) is 83.6 Å². The molecular weight excluding hydrogens is 979 g/mol. The summed E-state index contributed by atoms with van der Waals surface area (Å²) < 4.78 is 71.2. The highest BCUT2D eigenvalue weighted by molar-refractivity contribution is 7.58. The van der Waals surface area contributed by atoms with Gasteiger partial charge < -0.3 is 74.3 Å². The number of nitrogens with zero attached hydrogens (tertiary/aromatic N) is 10. The maximum absolute atomic E-state index is 12.0. The molecule has 70 heavy (non-hydrogen) atoms. The molecule has 27 nitrogen and oxygen atoms in total. The number of imidazole rings is 2. The predicted molar refractivity (Wildman–Crippen MR) is 260 cm³/mol. The zero-order chi connectivity index (χ0) is 51.2. The molecule has 1 fully saturated rings. The second-order valence-corrected chi connectivity index (χ2v) is 22.9. The van der Waals surface area contributed by atoms with Gasteiger partial charge in [-0.25, -0.2) is 34.7 Å². The quantitative estimate of drug-likeness (QED) is 0.0226. The van der Waals surface area contributed by atoms with Gasteiger partial charge in [0.25, 0.3) is 0 Å². The molecule has 1 saturated heterocycles. The van der Waals surface area contributed by atoms with Gasteiger partial charge in [-0.3, -0.25) is 18.3 Å². The van der Waals surface area contributed by atoms with E-state index in [4.69, 9.17) is 45.2 Å². The summed E-state index contributed by atoms with van der Waals surface area (Å²) in [5, 5.41) is 18.7. The fraction of sp³-hybridized carbons (Fsp3) is 0.600. The molecule has 1 aliphatic rings. The number of hydrogen-bond acceptors (Lipinski definition) is 22. The number of rotatable bonds is 27. The van der Waals surface area contributed by atoms with E-state index in [1.165, 1.54) is 68.2 Å². The smallest absolute Gasteiger partial charge is 0.353 e. The third kappa shape index (κ3) is 20.6. The molecule has 6 heterocycles. The number of ether oxygens (including phenoxy) is 4. The van der Waals surface area contributed by atoms with Gasteiger partial charge in [0, 0.05) is 26.1 Å². The van der Waals surface area contributed by atoms with E-state index in [9.17, 15) is 38.5 Å². The van der Waals surface area contributed by atoms with Crippen molar-refractivity contribution < 1.29 is 61.7 Å². The molecule has 0 bridgehead atoms. The van der Waals surface area contributed by atoms with Crippen LogP contribution >= 0.6 is 22.3 Å². The van der Waals surface area contributed by atoms with Crippen LogP contribution in [-0.4, -0.2) is 159 Å². The molecule has 0 amide bonds. The lowest BCUT2D eigenvalue weighted by molar-refractivity contribution is 0.00508. The van der Waals surface area contributed by atoms with Crippen molar-refractivity contribution in [3.63, 3.8) is 0 Å². The van der Waals surface area contributed by atoms with E-state index in [1.54, 1.807) is 17.6 Å². The number of nitrogen functional groups attached to an aromatic ring is 3. The molecule has 6 atom stereocenters. The number of anilines is 3. The van der Waals surface area contributed by atoms with Gasteiger partial charge in [0.2, 0.25) is 14.7 Å². The zero-order valence-corrected chi connectivity index (χ0v) is 42.0. The topological polar surface area (TPSA) is 388 Å². The van der Waals surface area contributed by atoms with E-state index >= 15 is 0 Å². The van der Waals surface area contributed by atoms with Gasteiger partial charge in [0.1, 0.15) is 48.5 Å². The highest BCUT2D eigenvalue weighted by Gasteiger charge is 2.28. The summed E-state index contributed by atoms with van der Waals surface area (Å²) in [6.07, 6.45) is 14.7. The van der Waals surface area contributed by atoms with Crippen molar-refractivity contribution in [1.29, 1.82) is 0 Å². The third-order valence-corrected chi connectivity index (χ3v) is 12.9. The van der Waals surface area contributed by atoms with Crippen molar-refractivity contribution in [2.24, 2.45) is 0 Å². The standard InChI is InChI=1S/C20H36N3O7P.C10H16N5O4P.C10H14N5O3P/c1-2-3-4-5-6-7-8-9-12-28-13-14-30-31(26,27)17-29-18(16-24)15-23-11-10-19(21)22-20(23)25;1-20(17,18)6-19-7(3-16)2-15-5-14-8-9(11)12-4-13-10(8)15;1-19(16)6-17-7(3-18-19)2-15-5-14-8-9(11)12-4-13-10(8)15/h2,10-11,18,24H,1,3-9,12-17H2,(H,26,27)(H2,21,22,25);4-5,7,16H,2-3,6H2,1H3,(H,17,18)(H2,11,12,13);4-5,7H,2-3,6H2,1H3,(H2,11,12,13)/t18-;7-;7-,19?/m000/s1. The molecule has 1 aliphatic heterocycles. The lowest BCUT2D eigenvalue weighted by atomic mass is 10.1. The fourth-order valence-electron chi connectivity index (χ4n) is 6.32. The Labute approximate surface area is 404 Å². The van der Waals surface area contributed by atoms with Crippen LogP contribution in [0.25, 0.3) is 22.3 Å². The average Bonchev–Trinajstić information content (AvgIpc) is 3.93. The normalized spacial score (nSPS) is 18.5. The van der Waals surface area contributed by atoms with Crippen molar-refractivity contribution >= 4 is 62.1 Å². The highest BCUT2D eigenvalue weighted by Crippen LogP contribution is 2.45. The largest absolute Gasteiger partial charge is 0.394 e. The molecule has 30 heteroatoms. The number of aromatic nitrogens is 10. The SMILES string of the molecule is C=CCCCCCCCCOCCOP(=O)(O)CO[C@H](CO)Cn1ccc(N)nc1=O.CP(=O)(O)CO[C@H](CO)Cn1cnc2c(N)ncnc21.CP1(=O)CO[C@@H](Cn2cnc3c(N)ncnc32)CO1. The molecule has 0 aliphatic carbocycles. The Kier molecular flexibility index (Phi) is 24.1. The molecule has 5 aromatic heterocycles. The Morgan fingerprint density at radius 1 is 0.843 bits per heavy atom. The van der Waals surface area contributed by atoms with E-state index < -0.39 is 53.2 Å². The number of allylic oxidation sites excluding steroid dienone is 1. The number of aliphatic hydroxyl groups excluding tert-OH is 2. The zero-order valence-electron chi connectivity index (χ0n) is 39.3. The Balaban J connectivity index is 0.000000237. The minimum atomic E-state index is -4.01. The van der Waals surface area contributed by atoms with Crippen molar-refractivity contribution in [2.75, 3.05) is 89.2 Å². The van der Waals surface area contributed by atoms with Crippen LogP contribution in [0.3, 0.4) is 0 Å². The Hall–Kier alpha value is -4.59. The van der Waals surface area contributed by atoms with Gasteiger partial charge in [-0.1, -0.05) is 31.8 Å². The maximum Gasteiger partial charge on any atom is 0.353 e. The molecule has 10 N–H and O–H groups in total. The summed E-state index contributed by atoms with van der Waals surface area (Å²) in [7, 11) is -9.85. The molecule has 3 unspecified atom stereocenters. The van der Waals surface area contributed by atoms with Crippen LogP contribution in [0.15, 0.2) is 55.0 Å². The number of hydrogen-bond donors (Lipinski definition) is 7. The van der Waals surface area contributed by atoms with Crippen LogP contribution in [0.4, 0.5) is 17.5 Å². The molecule has 0 radical (unpaired) electrons. The number of nitrogens with two attached hydrogens (primary N) is 3. The first-order valence-corrected chi connectivity index (χ1v) is 28.5. The summed E-state index contributed by atoms with van der Waals surface area (Å²) in [4.78, 5) is 58.5. The van der Waals surface area contributed by atoms with Crippen LogP contribution < -0.4 is 22.9 Å². The van der Waals surface area contributed by atoms with E-state index in [2.05, 4.69) is 41.5 Å². The molecule has 390 valence electrons. The van der Waals surface area contributed by atoms with Crippen LogP contribution in [-0.2, 0) is 61.3 Å². The summed E-state index contributed by atoms with van der Waals surface area (Å²) in [6, 6.07) is 1.43. The molecule has 6 rings (SSSR count). The second-order valence-electron chi connectivity index (χ2n) is 16.2. The van der Waals surface area contributed by atoms with Crippen LogP contribution in [0.5, 0.6) is 0 Å². The van der Waals surface area contributed by atoms with Crippen molar-refractivity contribution in [2.45, 2.75) is 82.9 Å². The maximum atomic E-state index is 12.0. The number of aliphatic hydroxyl groups is 2. The minimum Gasteiger partial charge on any atom is -0.394 e. The Bertz CT molecular complexity index is 2570. The monoisotopic (exact) mass is 1050 g/mol. The van der Waals surface area contributed by atoms with Gasteiger partial charge >= 0.3 is 13.3 Å². The van der Waals surface area contributed by atoms with Crippen molar-refractivity contribution in [3.05, 3.63) is 60.7 Å². The molecule has 0 aromatic carbocycles. The number of fused-ring (bicyclic) bond motifs is 2. The Morgan fingerprint density at radius 3 is 2.01 bits per heavy atom. The van der Waals surface area contributed by atoms with Gasteiger partial charge in [-0.15, -0.1) is 6.58 Å². The van der Waals surface area contributed by atoms with Crippen LogP contribution in [0, 0.1) is 0 Å². The lowest BCUT2D eigenvalue weighted by Gasteiger charge is -2.27. The summed E-state index contributed by atoms with van der Waals surface area (Å²) in [6.45, 7) is 7.51. The summed E-state index contributed by atoms with van der Waals surface area (Å²) in [5.41, 5.74) is 18.4. The second kappa shape index (κ2) is 29.1. The number of unbranched alkanes of at least 4 members (excludes halogenated alkanes) is 6. The molecule has 0 saturated carbocycles. The lowest BCUT2D eigenvalue weighted by Crippen LogP contribution is -2.32. The summed E-state index contributed by atoms with van der Waals surface area (Å²) >= 11 is 0. The van der Waals surface area contributed by atoms with Gasteiger partial charge in [0.15, 0.2) is 22.9 Å². The average molecular weight is 1050 g/mol. The van der Waals surface area contributed by atoms with Crippen LogP contribution in [0.2, 0.25) is 0 Å². The fourth-order valence-corrected chi connectivity index (χ4v) is 8.68. The van der Waals surface area contributed by atoms with Crippen molar-refractivity contribution in [3.8, 4) is 0 Å². The third-order valence-electron chi connectivity index (χ3n) is 9.93. The van der Waals surface area contributed by atoms with E-state index in [-0.39, 0.29) is 63.3 Å². The van der Waals surface area contributed by atoms with Gasteiger partial charge in [-0.2, -0.15) is 4.98 Å².